The first kappa shape index (κ1) is 28.2. The average Bonchev–Trinajstić information content (AvgIpc) is 2.58. The van der Waals surface area contributed by atoms with Gasteiger partial charge in [0.15, 0.2) is 5.96 Å². The SMILES string of the molecule is CN=C(NCC1CCN(CCOC)CC1)NCC(C)(C)NC(=O)OC(C)(C)C.I. The molecule has 0 spiro atoms. The number of likely N-dealkylation sites (tertiary alicyclic amines) is 1. The van der Waals surface area contributed by atoms with E-state index in [1.807, 2.05) is 34.6 Å². The van der Waals surface area contributed by atoms with Crippen LogP contribution in [-0.2, 0) is 9.47 Å². The maximum atomic E-state index is 12.0. The second kappa shape index (κ2) is 13.5. The summed E-state index contributed by atoms with van der Waals surface area (Å²) in [5.74, 6) is 1.39. The summed E-state index contributed by atoms with van der Waals surface area (Å²) in [4.78, 5) is 18.7. The number of hydrogen-bond donors (Lipinski definition) is 3. The fraction of sp³-hybridized carbons (Fsp3) is 0.900. The third-order valence-corrected chi connectivity index (χ3v) is 4.64. The van der Waals surface area contributed by atoms with Crippen LogP contribution in [-0.4, -0.2) is 81.6 Å². The molecule has 1 saturated heterocycles. The summed E-state index contributed by atoms with van der Waals surface area (Å²) in [7, 11) is 3.51. The highest BCUT2D eigenvalue weighted by Crippen LogP contribution is 2.16. The molecule has 0 radical (unpaired) electrons. The lowest BCUT2D eigenvalue weighted by molar-refractivity contribution is 0.0474. The summed E-state index contributed by atoms with van der Waals surface area (Å²) in [5.41, 5.74) is -0.975. The minimum absolute atomic E-state index is 0. The molecular formula is C20H42IN5O3. The van der Waals surface area contributed by atoms with Gasteiger partial charge in [0.25, 0.3) is 0 Å². The van der Waals surface area contributed by atoms with Crippen molar-refractivity contribution in [1.82, 2.24) is 20.9 Å². The van der Waals surface area contributed by atoms with Gasteiger partial charge < -0.3 is 30.3 Å². The monoisotopic (exact) mass is 527 g/mol. The van der Waals surface area contributed by atoms with Crippen LogP contribution in [0.1, 0.15) is 47.5 Å². The highest BCUT2D eigenvalue weighted by molar-refractivity contribution is 14.0. The predicted octanol–water partition coefficient (Wildman–Crippen LogP) is 2.43. The molecule has 0 aromatic carbocycles. The van der Waals surface area contributed by atoms with E-state index in [-0.39, 0.29) is 24.0 Å². The van der Waals surface area contributed by atoms with Crippen molar-refractivity contribution in [1.29, 1.82) is 0 Å². The third kappa shape index (κ3) is 13.2. The Kier molecular flexibility index (Phi) is 13.1. The van der Waals surface area contributed by atoms with E-state index in [0.29, 0.717) is 12.5 Å². The van der Waals surface area contributed by atoms with Crippen LogP contribution in [0.15, 0.2) is 4.99 Å². The second-order valence-electron chi connectivity index (χ2n) is 9.10. The molecule has 1 fully saturated rings. The molecule has 9 heteroatoms. The number of amides is 1. The largest absolute Gasteiger partial charge is 0.444 e. The fourth-order valence-corrected chi connectivity index (χ4v) is 3.02. The van der Waals surface area contributed by atoms with Crippen molar-refractivity contribution in [3.05, 3.63) is 0 Å². The lowest BCUT2D eigenvalue weighted by Gasteiger charge is -2.32. The lowest BCUT2D eigenvalue weighted by Crippen LogP contribution is -2.54. The maximum Gasteiger partial charge on any atom is 0.408 e. The van der Waals surface area contributed by atoms with Crippen molar-refractivity contribution >= 4 is 36.0 Å². The van der Waals surface area contributed by atoms with E-state index in [9.17, 15) is 4.79 Å². The van der Waals surface area contributed by atoms with Crippen molar-refractivity contribution in [2.75, 3.05) is 53.5 Å². The smallest absolute Gasteiger partial charge is 0.408 e. The summed E-state index contributed by atoms with van der Waals surface area (Å²) >= 11 is 0. The number of guanidine groups is 1. The van der Waals surface area contributed by atoms with Gasteiger partial charge in [0.2, 0.25) is 0 Å². The molecular weight excluding hydrogens is 485 g/mol. The number of nitrogens with zero attached hydrogens (tertiary/aromatic N) is 2. The Labute approximate surface area is 194 Å². The number of methoxy groups -OCH3 is 1. The molecule has 1 amide bonds. The van der Waals surface area contributed by atoms with Gasteiger partial charge in [0.05, 0.1) is 12.1 Å². The molecule has 29 heavy (non-hydrogen) atoms. The zero-order chi connectivity index (χ0) is 21.2. The van der Waals surface area contributed by atoms with Gasteiger partial charge in [-0.2, -0.15) is 0 Å². The van der Waals surface area contributed by atoms with Crippen LogP contribution in [0.25, 0.3) is 0 Å². The number of ether oxygens (including phenoxy) is 2. The maximum absolute atomic E-state index is 12.0. The minimum atomic E-state index is -0.510. The number of carbonyl (C=O) groups excluding carboxylic acids is 1. The van der Waals surface area contributed by atoms with Crippen molar-refractivity contribution in [2.24, 2.45) is 10.9 Å². The van der Waals surface area contributed by atoms with Crippen LogP contribution in [0.5, 0.6) is 0 Å². The molecule has 1 aliphatic rings. The number of halogens is 1. The quantitative estimate of drug-likeness (QED) is 0.256. The topological polar surface area (TPSA) is 87.2 Å². The number of piperidine rings is 1. The van der Waals surface area contributed by atoms with E-state index in [4.69, 9.17) is 9.47 Å². The fourth-order valence-electron chi connectivity index (χ4n) is 3.02. The van der Waals surface area contributed by atoms with E-state index in [0.717, 1.165) is 38.7 Å². The first-order valence-corrected chi connectivity index (χ1v) is 10.2. The highest BCUT2D eigenvalue weighted by atomic mass is 127. The lowest BCUT2D eigenvalue weighted by atomic mass is 9.97. The summed E-state index contributed by atoms with van der Waals surface area (Å²) in [6, 6.07) is 0. The van der Waals surface area contributed by atoms with E-state index in [1.165, 1.54) is 12.8 Å². The van der Waals surface area contributed by atoms with Gasteiger partial charge in [-0.3, -0.25) is 4.99 Å². The van der Waals surface area contributed by atoms with E-state index in [2.05, 4.69) is 25.8 Å². The van der Waals surface area contributed by atoms with E-state index in [1.54, 1.807) is 14.2 Å². The zero-order valence-corrected chi connectivity index (χ0v) is 21.6. The van der Waals surface area contributed by atoms with E-state index >= 15 is 0 Å². The second-order valence-corrected chi connectivity index (χ2v) is 9.10. The minimum Gasteiger partial charge on any atom is -0.444 e. The van der Waals surface area contributed by atoms with Gasteiger partial charge in [0.1, 0.15) is 5.60 Å². The van der Waals surface area contributed by atoms with E-state index < -0.39 is 17.2 Å². The molecule has 1 heterocycles. The van der Waals surface area contributed by atoms with Crippen LogP contribution < -0.4 is 16.0 Å². The Bertz CT molecular complexity index is 501. The molecule has 0 aromatic heterocycles. The number of hydrogen-bond acceptors (Lipinski definition) is 5. The van der Waals surface area contributed by atoms with Crippen LogP contribution >= 0.6 is 24.0 Å². The first-order valence-electron chi connectivity index (χ1n) is 10.2. The van der Waals surface area contributed by atoms with Gasteiger partial charge in [-0.25, -0.2) is 4.79 Å². The Morgan fingerprint density at radius 3 is 2.28 bits per heavy atom. The Hall–Kier alpha value is -0.810. The molecule has 8 nitrogen and oxygen atoms in total. The number of rotatable bonds is 8. The summed E-state index contributed by atoms with van der Waals surface area (Å²) in [5, 5.41) is 9.61. The molecule has 0 aromatic rings. The van der Waals surface area contributed by atoms with Crippen LogP contribution in [0.2, 0.25) is 0 Å². The molecule has 0 saturated carbocycles. The molecule has 0 atom stereocenters. The number of carbonyl (C=O) groups is 1. The molecule has 3 N–H and O–H groups in total. The van der Waals surface area contributed by atoms with Gasteiger partial charge in [-0.15, -0.1) is 24.0 Å². The van der Waals surface area contributed by atoms with Gasteiger partial charge in [0, 0.05) is 33.8 Å². The highest BCUT2D eigenvalue weighted by Gasteiger charge is 2.25. The van der Waals surface area contributed by atoms with Gasteiger partial charge >= 0.3 is 6.09 Å². The zero-order valence-electron chi connectivity index (χ0n) is 19.3. The van der Waals surface area contributed by atoms with Crippen molar-refractivity contribution in [3.8, 4) is 0 Å². The van der Waals surface area contributed by atoms with Crippen LogP contribution in [0.4, 0.5) is 4.79 Å². The summed E-state index contributed by atoms with van der Waals surface area (Å²) < 4.78 is 10.5. The van der Waals surface area contributed by atoms with Crippen molar-refractivity contribution in [2.45, 2.75) is 58.6 Å². The average molecular weight is 527 g/mol. The molecule has 0 aliphatic carbocycles. The molecule has 172 valence electrons. The molecule has 1 aliphatic heterocycles. The Morgan fingerprint density at radius 2 is 1.76 bits per heavy atom. The Morgan fingerprint density at radius 1 is 1.14 bits per heavy atom. The first-order chi connectivity index (χ1) is 13.0. The van der Waals surface area contributed by atoms with Crippen LogP contribution in [0.3, 0.4) is 0 Å². The third-order valence-electron chi connectivity index (χ3n) is 4.64. The number of nitrogens with one attached hydrogen (secondary N) is 3. The van der Waals surface area contributed by atoms with Crippen LogP contribution in [0, 0.1) is 5.92 Å². The summed E-state index contributed by atoms with van der Waals surface area (Å²) in [6.45, 7) is 15.0. The van der Waals surface area contributed by atoms with Gasteiger partial charge in [-0.05, 0) is 66.5 Å². The molecule has 0 unspecified atom stereocenters. The molecule has 0 bridgehead atoms. The molecule has 1 rings (SSSR count). The predicted molar refractivity (Wildman–Crippen MR) is 129 cm³/mol. The van der Waals surface area contributed by atoms with Crippen molar-refractivity contribution in [3.63, 3.8) is 0 Å². The van der Waals surface area contributed by atoms with Crippen molar-refractivity contribution < 1.29 is 14.3 Å². The Balaban J connectivity index is 0.00000784. The van der Waals surface area contributed by atoms with Gasteiger partial charge in [-0.1, -0.05) is 0 Å². The standard InChI is InChI=1S/C20H41N5O3.HI/c1-19(2,3)28-18(26)24-20(4,5)15-23-17(21-6)22-14-16-8-10-25(11-9-16)12-13-27-7;/h16H,8-15H2,1-7H3,(H,24,26)(H2,21,22,23);1H. The number of aliphatic imine (C=N–C) groups is 1. The normalized spacial score (nSPS) is 16.7. The number of alkyl carbamates (subject to hydrolysis) is 1. The summed E-state index contributed by atoms with van der Waals surface area (Å²) in [6.07, 6.45) is 1.95.